The van der Waals surface area contributed by atoms with Crippen molar-refractivity contribution in [1.82, 2.24) is 5.32 Å². The summed E-state index contributed by atoms with van der Waals surface area (Å²) in [7, 11) is 0. The minimum atomic E-state index is 0.567. The first-order valence-electron chi connectivity index (χ1n) is 5.30. The maximum Gasteiger partial charge on any atom is 0.0551 e. The van der Waals surface area contributed by atoms with Crippen LogP contribution in [0.25, 0.3) is 0 Å². The van der Waals surface area contributed by atoms with Crippen molar-refractivity contribution in [1.29, 1.82) is 0 Å². The fourth-order valence-corrected chi connectivity index (χ4v) is 1.93. The van der Waals surface area contributed by atoms with Crippen LogP contribution in [0.2, 0.25) is 5.02 Å². The molecule has 0 aliphatic carbocycles. The molecule has 1 unspecified atom stereocenters. The van der Waals surface area contributed by atoms with Crippen LogP contribution in [0, 0.1) is 0 Å². The number of nitrogens with one attached hydrogen (secondary N) is 1. The molecule has 15 heavy (non-hydrogen) atoms. The monoisotopic (exact) mass is 289 g/mol. The zero-order chi connectivity index (χ0) is 11.3. The number of hydrogen-bond acceptors (Lipinski definition) is 1. The lowest BCUT2D eigenvalue weighted by molar-refractivity contribution is 0.508. The molecular weight excluding hydrogens is 273 g/mol. The molecule has 0 saturated carbocycles. The van der Waals surface area contributed by atoms with Crippen LogP contribution in [-0.2, 0) is 6.54 Å². The van der Waals surface area contributed by atoms with Gasteiger partial charge in [0.2, 0.25) is 0 Å². The van der Waals surface area contributed by atoms with E-state index >= 15 is 0 Å². The molecule has 0 amide bonds. The predicted molar refractivity (Wildman–Crippen MR) is 70.4 cm³/mol. The molecule has 1 nitrogen and oxygen atoms in total. The van der Waals surface area contributed by atoms with Crippen LogP contribution in [0.5, 0.6) is 0 Å². The maximum atomic E-state index is 6.02. The Morgan fingerprint density at radius 3 is 2.80 bits per heavy atom. The molecule has 1 aromatic carbocycles. The summed E-state index contributed by atoms with van der Waals surface area (Å²) in [4.78, 5) is 0. The smallest absolute Gasteiger partial charge is 0.0551 e. The topological polar surface area (TPSA) is 12.0 Å². The van der Waals surface area contributed by atoms with Gasteiger partial charge in [0.1, 0.15) is 0 Å². The summed E-state index contributed by atoms with van der Waals surface area (Å²) in [5.74, 6) is 0. The SMILES string of the molecule is CCCC(C)NCc1ccc(Br)c(Cl)c1. The molecule has 1 aromatic rings. The Labute approximate surface area is 105 Å². The Hall–Kier alpha value is -0.0500. The zero-order valence-electron chi connectivity index (χ0n) is 9.19. The summed E-state index contributed by atoms with van der Waals surface area (Å²) in [5.41, 5.74) is 1.23. The Bertz CT molecular complexity index is 314. The highest BCUT2D eigenvalue weighted by Gasteiger charge is 2.02. The van der Waals surface area contributed by atoms with Gasteiger partial charge >= 0.3 is 0 Å². The molecule has 0 heterocycles. The van der Waals surface area contributed by atoms with Gasteiger partial charge in [0.15, 0.2) is 0 Å². The van der Waals surface area contributed by atoms with Crippen molar-refractivity contribution >= 4 is 27.5 Å². The third kappa shape index (κ3) is 4.54. The van der Waals surface area contributed by atoms with E-state index in [0.717, 1.165) is 16.0 Å². The van der Waals surface area contributed by atoms with Gasteiger partial charge in [-0.3, -0.25) is 0 Å². The molecule has 0 saturated heterocycles. The van der Waals surface area contributed by atoms with Crippen LogP contribution in [0.3, 0.4) is 0 Å². The lowest BCUT2D eigenvalue weighted by Crippen LogP contribution is -2.25. The van der Waals surface area contributed by atoms with E-state index in [-0.39, 0.29) is 0 Å². The van der Waals surface area contributed by atoms with Gasteiger partial charge in [-0.2, -0.15) is 0 Å². The first-order valence-corrected chi connectivity index (χ1v) is 6.48. The second-order valence-electron chi connectivity index (χ2n) is 3.82. The summed E-state index contributed by atoms with van der Waals surface area (Å²) in [6.45, 7) is 5.30. The number of benzene rings is 1. The van der Waals surface area contributed by atoms with Crippen molar-refractivity contribution in [2.75, 3.05) is 0 Å². The molecule has 84 valence electrons. The van der Waals surface area contributed by atoms with Crippen LogP contribution in [0.1, 0.15) is 32.3 Å². The number of halogens is 2. The Kier molecular flexibility index (Phi) is 5.65. The van der Waals surface area contributed by atoms with E-state index in [9.17, 15) is 0 Å². The van der Waals surface area contributed by atoms with E-state index in [1.807, 2.05) is 12.1 Å². The van der Waals surface area contributed by atoms with Gasteiger partial charge in [-0.15, -0.1) is 0 Å². The molecular formula is C12H17BrClN. The fourth-order valence-electron chi connectivity index (χ4n) is 1.48. The molecule has 1 rings (SSSR count). The Morgan fingerprint density at radius 2 is 2.20 bits per heavy atom. The molecule has 0 radical (unpaired) electrons. The average Bonchev–Trinajstić information content (AvgIpc) is 2.20. The normalized spacial score (nSPS) is 12.8. The molecule has 0 spiro atoms. The summed E-state index contributed by atoms with van der Waals surface area (Å²) in [6.07, 6.45) is 2.43. The minimum absolute atomic E-state index is 0.567. The van der Waals surface area contributed by atoms with Crippen LogP contribution < -0.4 is 5.32 Å². The van der Waals surface area contributed by atoms with Crippen LogP contribution in [-0.4, -0.2) is 6.04 Å². The second kappa shape index (κ2) is 6.51. The molecule has 1 N–H and O–H groups in total. The molecule has 0 bridgehead atoms. The summed E-state index contributed by atoms with van der Waals surface area (Å²) in [5, 5.41) is 4.25. The molecule has 0 aliphatic heterocycles. The molecule has 3 heteroatoms. The third-order valence-corrected chi connectivity index (χ3v) is 3.59. The van der Waals surface area contributed by atoms with Crippen molar-refractivity contribution < 1.29 is 0 Å². The molecule has 0 fully saturated rings. The van der Waals surface area contributed by atoms with Crippen LogP contribution in [0.15, 0.2) is 22.7 Å². The number of hydrogen-bond donors (Lipinski definition) is 1. The lowest BCUT2D eigenvalue weighted by atomic mass is 10.1. The molecule has 0 aliphatic rings. The van der Waals surface area contributed by atoms with Crippen LogP contribution in [0.4, 0.5) is 0 Å². The van der Waals surface area contributed by atoms with Gasteiger partial charge in [-0.1, -0.05) is 31.0 Å². The summed E-state index contributed by atoms with van der Waals surface area (Å²) >= 11 is 9.40. The van der Waals surface area contributed by atoms with Gasteiger partial charge in [-0.05, 0) is 47.0 Å². The van der Waals surface area contributed by atoms with Crippen molar-refractivity contribution in [3.05, 3.63) is 33.3 Å². The highest BCUT2D eigenvalue weighted by Crippen LogP contribution is 2.23. The van der Waals surface area contributed by atoms with E-state index in [1.165, 1.54) is 18.4 Å². The highest BCUT2D eigenvalue weighted by atomic mass is 79.9. The average molecular weight is 291 g/mol. The van der Waals surface area contributed by atoms with Crippen molar-refractivity contribution in [3.63, 3.8) is 0 Å². The lowest BCUT2D eigenvalue weighted by Gasteiger charge is -2.12. The van der Waals surface area contributed by atoms with Gasteiger partial charge in [0.05, 0.1) is 5.02 Å². The van der Waals surface area contributed by atoms with Gasteiger partial charge in [0, 0.05) is 17.1 Å². The van der Waals surface area contributed by atoms with E-state index in [1.54, 1.807) is 0 Å². The van der Waals surface area contributed by atoms with Crippen LogP contribution >= 0.6 is 27.5 Å². The first-order chi connectivity index (χ1) is 7.13. The largest absolute Gasteiger partial charge is 0.310 e. The van der Waals surface area contributed by atoms with E-state index in [4.69, 9.17) is 11.6 Å². The third-order valence-electron chi connectivity index (χ3n) is 2.36. The Morgan fingerprint density at radius 1 is 1.47 bits per heavy atom. The van der Waals surface area contributed by atoms with Gasteiger partial charge in [-0.25, -0.2) is 0 Å². The second-order valence-corrected chi connectivity index (χ2v) is 5.08. The Balaban J connectivity index is 2.47. The van der Waals surface area contributed by atoms with Crippen molar-refractivity contribution in [3.8, 4) is 0 Å². The standard InChI is InChI=1S/C12H17BrClN/c1-3-4-9(2)15-8-10-5-6-11(13)12(14)7-10/h5-7,9,15H,3-4,8H2,1-2H3. The molecule has 1 atom stereocenters. The van der Waals surface area contributed by atoms with Crippen molar-refractivity contribution in [2.24, 2.45) is 0 Å². The molecule has 0 aromatic heterocycles. The quantitative estimate of drug-likeness (QED) is 0.848. The van der Waals surface area contributed by atoms with E-state index < -0.39 is 0 Å². The van der Waals surface area contributed by atoms with E-state index in [0.29, 0.717) is 6.04 Å². The van der Waals surface area contributed by atoms with Crippen molar-refractivity contribution in [2.45, 2.75) is 39.3 Å². The highest BCUT2D eigenvalue weighted by molar-refractivity contribution is 9.10. The van der Waals surface area contributed by atoms with E-state index in [2.05, 4.69) is 41.2 Å². The predicted octanol–water partition coefficient (Wildman–Crippen LogP) is 4.38. The number of rotatable bonds is 5. The van der Waals surface area contributed by atoms with Gasteiger partial charge < -0.3 is 5.32 Å². The summed E-state index contributed by atoms with van der Waals surface area (Å²) in [6, 6.07) is 6.64. The maximum absolute atomic E-state index is 6.02. The zero-order valence-corrected chi connectivity index (χ0v) is 11.5. The summed E-state index contributed by atoms with van der Waals surface area (Å²) < 4.78 is 0.953. The fraction of sp³-hybridized carbons (Fsp3) is 0.500. The first kappa shape index (κ1) is 13.0. The minimum Gasteiger partial charge on any atom is -0.310 e. The van der Waals surface area contributed by atoms with Gasteiger partial charge in [0.25, 0.3) is 0 Å².